The zero-order valence-corrected chi connectivity index (χ0v) is 32.2. The average Bonchev–Trinajstić information content (AvgIpc) is 3.18. The highest BCUT2D eigenvalue weighted by molar-refractivity contribution is 7.78. The molecule has 10 N–H and O–H groups in total. The van der Waals surface area contributed by atoms with Crippen molar-refractivity contribution in [3.63, 3.8) is 0 Å². The summed E-state index contributed by atoms with van der Waals surface area (Å²) in [5.74, 6) is 1.31. The topological polar surface area (TPSA) is 204 Å². The van der Waals surface area contributed by atoms with Gasteiger partial charge in [0.1, 0.15) is 34.5 Å². The molecule has 0 spiro atoms. The molecule has 0 saturated carbocycles. The fourth-order valence-corrected chi connectivity index (χ4v) is 12.3. The first-order chi connectivity index (χ1) is 27.3. The van der Waals surface area contributed by atoms with Gasteiger partial charge in [-0.3, -0.25) is 0 Å². The Morgan fingerprint density at radius 3 is 1.23 bits per heavy atom. The first-order valence-corrected chi connectivity index (χ1v) is 20.6. The zero-order chi connectivity index (χ0) is 40.2. The Morgan fingerprint density at radius 1 is 0.456 bits per heavy atom. The summed E-state index contributed by atoms with van der Waals surface area (Å²) >= 11 is 0. The van der Waals surface area contributed by atoms with Crippen molar-refractivity contribution in [1.29, 1.82) is 0 Å². The number of nitrogens with two attached hydrogens (primary N) is 5. The van der Waals surface area contributed by atoms with Crippen LogP contribution in [-0.4, -0.2) is 9.21 Å². The van der Waals surface area contributed by atoms with E-state index in [1.54, 1.807) is 121 Å². The molecule has 1 aliphatic heterocycles. The van der Waals surface area contributed by atoms with Gasteiger partial charge in [0, 0.05) is 37.6 Å². The van der Waals surface area contributed by atoms with Crippen LogP contribution < -0.4 is 56.4 Å². The van der Waals surface area contributed by atoms with Crippen LogP contribution in [0.5, 0.6) is 34.5 Å². The van der Waals surface area contributed by atoms with Crippen molar-refractivity contribution in [3.8, 4) is 34.5 Å². The number of hydrogen-bond donors (Lipinski definition) is 5. The lowest BCUT2D eigenvalue weighted by atomic mass is 10.2. The molecule has 0 aliphatic carbocycles. The van der Waals surface area contributed by atoms with E-state index in [1.807, 2.05) is 0 Å². The summed E-state index contributed by atoms with van der Waals surface area (Å²) in [5.41, 5.74) is 31.5. The van der Waals surface area contributed by atoms with E-state index in [9.17, 15) is 13.2 Å². The Hall–Kier alpha value is -6.08. The third-order valence-corrected chi connectivity index (χ3v) is 14.5. The Kier molecular flexibility index (Phi) is 11.4. The number of nitrogens with zero attached hydrogens (tertiary/aromatic N) is 3. The molecule has 0 radical (unpaired) electrons. The van der Waals surface area contributed by atoms with Crippen molar-refractivity contribution in [3.05, 3.63) is 151 Å². The molecule has 294 valence electrons. The summed E-state index contributed by atoms with van der Waals surface area (Å²) in [5, 5.41) is 0. The van der Waals surface area contributed by atoms with Crippen LogP contribution in [0.1, 0.15) is 5.56 Å². The molecule has 6 aromatic carbocycles. The van der Waals surface area contributed by atoms with Gasteiger partial charge in [-0.05, 0) is 146 Å². The van der Waals surface area contributed by atoms with Crippen LogP contribution in [-0.2, 0) is 6.18 Å². The maximum Gasteiger partial charge on any atom is 0.447 e. The lowest BCUT2D eigenvalue weighted by molar-refractivity contribution is -0.137. The molecule has 0 saturated heterocycles. The van der Waals surface area contributed by atoms with Gasteiger partial charge in [0.25, 0.3) is 0 Å². The first kappa shape index (κ1) is 39.2. The molecular weight excluding hydrogens is 802 g/mol. The number of anilines is 5. The third-order valence-electron chi connectivity index (χ3n) is 7.62. The molecule has 0 fully saturated rings. The summed E-state index contributed by atoms with van der Waals surface area (Å²) in [4.78, 5) is 13.2. The van der Waals surface area contributed by atoms with Crippen LogP contribution in [0.3, 0.4) is 0 Å². The summed E-state index contributed by atoms with van der Waals surface area (Å²) < 4.78 is 75.6. The molecule has 0 aromatic heterocycles. The Morgan fingerprint density at radius 2 is 0.807 bits per heavy atom. The molecule has 7 rings (SSSR count). The summed E-state index contributed by atoms with van der Waals surface area (Å²) in [6.07, 6.45) is -4.62. The standard InChI is InChI=1S/C37H34F3N8O6P3/c38-37(39,40)25-1-13-35(14-2-25)53-57(54-36-23-11-30(45)12-24-36)46-55(51-33-19-7-28(43)8-20-33)47(49-31-15-3-26(41)4-16-31)56(52-34-21-9-29(44)10-22-34)48(57)50-32-17-5-27(42)6-18-32/h1-24H,41-45H2. The second-order valence-electron chi connectivity index (χ2n) is 12.0. The minimum Gasteiger partial charge on any atom is -0.440 e. The highest BCUT2D eigenvalue weighted by atomic mass is 31.3. The fraction of sp³-hybridized carbons (Fsp3) is 0.0270. The number of halogens is 3. The lowest BCUT2D eigenvalue weighted by Crippen LogP contribution is -2.37. The second-order valence-corrected chi connectivity index (χ2v) is 17.5. The summed E-state index contributed by atoms with van der Waals surface area (Å²) in [6.45, 7) is 0. The Bertz CT molecular complexity index is 2330. The van der Waals surface area contributed by atoms with Crippen LogP contribution in [0.25, 0.3) is 0 Å². The largest absolute Gasteiger partial charge is 0.447 e. The van der Waals surface area contributed by atoms with Gasteiger partial charge in [-0.1, -0.05) is 0 Å². The van der Waals surface area contributed by atoms with Crippen molar-refractivity contribution in [2.75, 3.05) is 28.7 Å². The molecule has 0 amide bonds. The van der Waals surface area contributed by atoms with Gasteiger partial charge in [-0.15, -0.1) is 4.52 Å². The molecule has 6 aromatic rings. The van der Waals surface area contributed by atoms with Gasteiger partial charge in [0.05, 0.1) is 5.56 Å². The van der Waals surface area contributed by atoms with Gasteiger partial charge >= 0.3 is 30.7 Å². The van der Waals surface area contributed by atoms with Crippen molar-refractivity contribution < 1.29 is 40.9 Å². The van der Waals surface area contributed by atoms with E-state index in [2.05, 4.69) is 0 Å². The Balaban J connectivity index is 1.48. The zero-order valence-electron chi connectivity index (χ0n) is 29.5. The quantitative estimate of drug-likeness (QED) is 0.0576. The molecule has 3 atom stereocenters. The normalized spacial score (nSPS) is 18.5. The van der Waals surface area contributed by atoms with Crippen molar-refractivity contribution >= 4 is 53.0 Å². The number of alkyl halides is 3. The van der Waals surface area contributed by atoms with Crippen LogP contribution >= 0.6 is 24.6 Å². The van der Waals surface area contributed by atoms with Gasteiger partial charge in [-0.25, -0.2) is 0 Å². The molecule has 0 bridgehead atoms. The van der Waals surface area contributed by atoms with Crippen LogP contribution in [0.15, 0.2) is 150 Å². The average molecular weight is 837 g/mol. The summed E-state index contributed by atoms with van der Waals surface area (Å²) in [6, 6.07) is 36.4. The van der Waals surface area contributed by atoms with E-state index in [0.29, 0.717) is 45.7 Å². The predicted molar refractivity (Wildman–Crippen MR) is 216 cm³/mol. The maximum absolute atomic E-state index is 13.7. The predicted octanol–water partition coefficient (Wildman–Crippen LogP) is 10.2. The van der Waals surface area contributed by atoms with E-state index < -0.39 is 36.3 Å². The molecule has 57 heavy (non-hydrogen) atoms. The van der Waals surface area contributed by atoms with Crippen molar-refractivity contribution in [1.82, 2.24) is 9.21 Å². The van der Waals surface area contributed by atoms with E-state index >= 15 is 0 Å². The third kappa shape index (κ3) is 9.66. The number of rotatable bonds is 12. The Labute approximate surface area is 327 Å². The molecule has 1 aliphatic rings. The van der Waals surface area contributed by atoms with Gasteiger partial charge in [-0.2, -0.15) is 13.2 Å². The lowest BCUT2D eigenvalue weighted by Gasteiger charge is -2.43. The maximum atomic E-state index is 13.7. The highest BCUT2D eigenvalue weighted by Crippen LogP contribution is 2.77. The van der Waals surface area contributed by atoms with E-state index in [-0.39, 0.29) is 17.2 Å². The fourth-order valence-electron chi connectivity index (χ4n) is 4.80. The smallest absolute Gasteiger partial charge is 0.440 e. The van der Waals surface area contributed by atoms with Crippen LogP contribution in [0.4, 0.5) is 41.6 Å². The number of hydrogen-bond acceptors (Lipinski definition) is 14. The van der Waals surface area contributed by atoms with Crippen molar-refractivity contribution in [2.45, 2.75) is 6.18 Å². The summed E-state index contributed by atoms with van der Waals surface area (Å²) in [7, 11) is -9.17. The van der Waals surface area contributed by atoms with Gasteiger partial charge < -0.3 is 56.4 Å². The molecule has 3 unspecified atom stereocenters. The molecule has 14 nitrogen and oxygen atoms in total. The SMILES string of the molecule is Nc1ccc(ON2P(Oc3ccc(N)cc3)N=P(Oc3ccc(N)cc3)(Oc3ccc(C(F)(F)F)cc3)N(Oc3ccc(N)cc3)P2Oc2ccc(N)cc2)cc1. The second kappa shape index (κ2) is 16.6. The monoisotopic (exact) mass is 836 g/mol. The molecular formula is C37H34F3N8O6P3. The van der Waals surface area contributed by atoms with E-state index in [4.69, 9.17) is 61.0 Å². The first-order valence-electron chi connectivity index (χ1n) is 16.7. The molecule has 1 heterocycles. The number of nitrogen functional groups attached to an aromatic ring is 5. The number of benzene rings is 6. The van der Waals surface area contributed by atoms with E-state index in [1.165, 1.54) is 9.21 Å². The minimum absolute atomic E-state index is 0.0563. The van der Waals surface area contributed by atoms with Gasteiger partial charge in [0.2, 0.25) is 0 Å². The minimum atomic E-state index is -4.62. The van der Waals surface area contributed by atoms with Gasteiger partial charge in [0.15, 0.2) is 0 Å². The van der Waals surface area contributed by atoms with E-state index in [0.717, 1.165) is 24.3 Å². The van der Waals surface area contributed by atoms with Crippen molar-refractivity contribution in [2.24, 2.45) is 4.52 Å². The molecule has 20 heteroatoms. The van der Waals surface area contributed by atoms with Crippen LogP contribution in [0, 0.1) is 0 Å². The highest BCUT2D eigenvalue weighted by Gasteiger charge is 2.58. The van der Waals surface area contributed by atoms with Crippen LogP contribution in [0.2, 0.25) is 0 Å².